The van der Waals surface area contributed by atoms with Crippen LogP contribution in [-0.2, 0) is 6.54 Å². The molecule has 0 bridgehead atoms. The molecule has 1 aromatic carbocycles. The summed E-state index contributed by atoms with van der Waals surface area (Å²) in [5, 5.41) is 14.4. The van der Waals surface area contributed by atoms with Gasteiger partial charge < -0.3 is 5.32 Å². The van der Waals surface area contributed by atoms with Crippen molar-refractivity contribution < 1.29 is 4.79 Å². The van der Waals surface area contributed by atoms with Crippen LogP contribution in [0, 0.1) is 11.5 Å². The molecule has 116 valence electrons. The molecule has 0 saturated heterocycles. The van der Waals surface area contributed by atoms with E-state index in [1.54, 1.807) is 36.7 Å². The normalized spacial score (nSPS) is 10.7. The molecule has 0 fully saturated rings. The van der Waals surface area contributed by atoms with Crippen LogP contribution in [0.5, 0.6) is 0 Å². The fraction of sp³-hybridized carbons (Fsp3) is 0.125. The highest BCUT2D eigenvalue weighted by Gasteiger charge is 2.05. The predicted molar refractivity (Wildman–Crippen MR) is 91.2 cm³/mol. The van der Waals surface area contributed by atoms with Crippen LogP contribution >= 0.6 is 11.8 Å². The maximum Gasteiger partial charge on any atom is 0.251 e. The van der Waals surface area contributed by atoms with Crippen LogP contribution in [0.15, 0.2) is 53.8 Å². The van der Waals surface area contributed by atoms with Gasteiger partial charge in [-0.25, -0.2) is 4.99 Å². The number of nitrogens with zero attached hydrogens (tertiary/aromatic N) is 3. The number of aromatic nitrogens is 1. The van der Waals surface area contributed by atoms with Crippen molar-refractivity contribution >= 4 is 28.5 Å². The summed E-state index contributed by atoms with van der Waals surface area (Å²) in [6.45, 7) is 0.426. The van der Waals surface area contributed by atoms with Crippen LogP contribution in [0.1, 0.15) is 15.9 Å². The van der Waals surface area contributed by atoms with E-state index in [0.29, 0.717) is 23.0 Å². The Bertz CT molecular complexity index is 722. The molecule has 0 aliphatic rings. The van der Waals surface area contributed by atoms with Gasteiger partial charge in [0.05, 0.1) is 5.69 Å². The molecular weight excluding hydrogens is 310 g/mol. The molecule has 2 rings (SSSR count). The van der Waals surface area contributed by atoms with Crippen LogP contribution in [0.3, 0.4) is 0 Å². The van der Waals surface area contributed by atoms with Gasteiger partial charge in [0.1, 0.15) is 0 Å². The van der Waals surface area contributed by atoms with Crippen LogP contribution in [0.2, 0.25) is 0 Å². The zero-order chi connectivity index (χ0) is 16.5. The maximum absolute atomic E-state index is 12.1. The van der Waals surface area contributed by atoms with E-state index in [0.717, 1.165) is 5.56 Å². The van der Waals surface area contributed by atoms with Gasteiger partial charge in [0.2, 0.25) is 0 Å². The van der Waals surface area contributed by atoms with Crippen molar-refractivity contribution in [2.75, 3.05) is 6.26 Å². The highest BCUT2D eigenvalue weighted by Crippen LogP contribution is 2.15. The Morgan fingerprint density at radius 3 is 2.74 bits per heavy atom. The summed E-state index contributed by atoms with van der Waals surface area (Å²) in [6, 6.07) is 10.6. The second-order valence-electron chi connectivity index (χ2n) is 4.45. The second kappa shape index (κ2) is 8.56. The van der Waals surface area contributed by atoms with Gasteiger partial charge >= 0.3 is 0 Å². The van der Waals surface area contributed by atoms with E-state index in [-0.39, 0.29) is 5.91 Å². The molecular formula is C16H15N5OS. The first kappa shape index (κ1) is 16.5. The van der Waals surface area contributed by atoms with Crippen molar-refractivity contribution in [2.24, 2.45) is 4.99 Å². The number of nitriles is 1. The fourth-order valence-electron chi connectivity index (χ4n) is 1.76. The summed E-state index contributed by atoms with van der Waals surface area (Å²) in [6.07, 6.45) is 7.05. The van der Waals surface area contributed by atoms with Crippen molar-refractivity contribution in [3.63, 3.8) is 0 Å². The number of amidine groups is 1. The van der Waals surface area contributed by atoms with Crippen molar-refractivity contribution in [2.45, 2.75) is 6.54 Å². The summed E-state index contributed by atoms with van der Waals surface area (Å²) in [5.41, 5.74) is 2.15. The zero-order valence-electron chi connectivity index (χ0n) is 12.5. The topological polar surface area (TPSA) is 90.2 Å². The fourth-order valence-corrected chi connectivity index (χ4v) is 2.11. The lowest BCUT2D eigenvalue weighted by Crippen LogP contribution is -2.22. The number of nitrogens with one attached hydrogen (secondary N) is 2. The van der Waals surface area contributed by atoms with Crippen LogP contribution in [0.25, 0.3) is 0 Å². The third-order valence-electron chi connectivity index (χ3n) is 2.89. The van der Waals surface area contributed by atoms with Gasteiger partial charge in [0, 0.05) is 24.5 Å². The number of hydrogen-bond donors (Lipinski definition) is 2. The standard InChI is InChI=1S/C16H15N5OS/c1-23-16(20-11-17)21-14-6-4-13(5-7-14)15(22)19-10-12-3-2-8-18-9-12/h2-9H,10H2,1H3,(H,19,22)(H,20,21). The first-order chi connectivity index (χ1) is 11.2. The van der Waals surface area contributed by atoms with Gasteiger partial charge in [-0.05, 0) is 42.2 Å². The number of hydrogen-bond acceptors (Lipinski definition) is 5. The van der Waals surface area contributed by atoms with Crippen molar-refractivity contribution in [3.05, 3.63) is 59.9 Å². The monoisotopic (exact) mass is 325 g/mol. The SMILES string of the molecule is CSC(=Nc1ccc(C(=O)NCc2cccnc2)cc1)NC#N. The molecule has 1 heterocycles. The number of pyridine rings is 1. The Morgan fingerprint density at radius 2 is 2.13 bits per heavy atom. The molecule has 0 saturated carbocycles. The van der Waals surface area contributed by atoms with Crippen LogP contribution in [0.4, 0.5) is 5.69 Å². The number of thioether (sulfide) groups is 1. The van der Waals surface area contributed by atoms with E-state index >= 15 is 0 Å². The van der Waals surface area contributed by atoms with Crippen LogP contribution < -0.4 is 10.6 Å². The Labute approximate surface area is 138 Å². The van der Waals surface area contributed by atoms with E-state index in [1.807, 2.05) is 24.6 Å². The van der Waals surface area contributed by atoms with Gasteiger partial charge in [0.15, 0.2) is 11.4 Å². The summed E-state index contributed by atoms with van der Waals surface area (Å²) in [5.74, 6) is -0.162. The molecule has 0 atom stereocenters. The smallest absolute Gasteiger partial charge is 0.251 e. The minimum atomic E-state index is -0.162. The number of benzene rings is 1. The lowest BCUT2D eigenvalue weighted by molar-refractivity contribution is 0.0951. The summed E-state index contributed by atoms with van der Waals surface area (Å²) in [4.78, 5) is 20.4. The van der Waals surface area contributed by atoms with Crippen LogP contribution in [-0.4, -0.2) is 22.3 Å². The average Bonchev–Trinajstić information content (AvgIpc) is 2.60. The highest BCUT2D eigenvalue weighted by atomic mass is 32.2. The molecule has 2 N–H and O–H groups in total. The van der Waals surface area contributed by atoms with E-state index in [4.69, 9.17) is 5.26 Å². The predicted octanol–water partition coefficient (Wildman–Crippen LogP) is 2.43. The molecule has 2 aromatic rings. The third kappa shape index (κ3) is 5.13. The van der Waals surface area contributed by atoms with Gasteiger partial charge in [0.25, 0.3) is 5.91 Å². The van der Waals surface area contributed by atoms with Crippen molar-refractivity contribution in [1.29, 1.82) is 5.26 Å². The molecule has 0 aliphatic heterocycles. The summed E-state index contributed by atoms with van der Waals surface area (Å²) >= 11 is 1.34. The van der Waals surface area contributed by atoms with E-state index in [9.17, 15) is 4.79 Å². The summed E-state index contributed by atoms with van der Waals surface area (Å²) < 4.78 is 0. The Balaban J connectivity index is 1.99. The Kier molecular flexibility index (Phi) is 6.15. The first-order valence-electron chi connectivity index (χ1n) is 6.78. The summed E-state index contributed by atoms with van der Waals surface area (Å²) in [7, 11) is 0. The molecule has 0 aliphatic carbocycles. The van der Waals surface area contributed by atoms with E-state index in [1.165, 1.54) is 11.8 Å². The minimum Gasteiger partial charge on any atom is -0.348 e. The second-order valence-corrected chi connectivity index (χ2v) is 5.24. The van der Waals surface area contributed by atoms with Gasteiger partial charge in [-0.1, -0.05) is 17.8 Å². The number of rotatable bonds is 4. The van der Waals surface area contributed by atoms with Gasteiger partial charge in [-0.15, -0.1) is 0 Å². The lowest BCUT2D eigenvalue weighted by Gasteiger charge is -2.05. The molecule has 7 heteroatoms. The van der Waals surface area contributed by atoms with E-state index in [2.05, 4.69) is 20.6 Å². The first-order valence-corrected chi connectivity index (χ1v) is 8.00. The Morgan fingerprint density at radius 1 is 1.35 bits per heavy atom. The molecule has 1 aromatic heterocycles. The van der Waals surface area contributed by atoms with Crippen molar-refractivity contribution in [1.82, 2.24) is 15.6 Å². The minimum absolute atomic E-state index is 0.162. The number of carbonyl (C=O) groups excluding carboxylic acids is 1. The van der Waals surface area contributed by atoms with Gasteiger partial charge in [-0.2, -0.15) is 5.26 Å². The molecule has 1 amide bonds. The number of aliphatic imine (C=N–C) groups is 1. The molecule has 0 radical (unpaired) electrons. The van der Waals surface area contributed by atoms with Gasteiger partial charge in [-0.3, -0.25) is 15.1 Å². The highest BCUT2D eigenvalue weighted by molar-refractivity contribution is 8.13. The molecule has 0 spiro atoms. The zero-order valence-corrected chi connectivity index (χ0v) is 13.3. The van der Waals surface area contributed by atoms with Crippen molar-refractivity contribution in [3.8, 4) is 6.19 Å². The largest absolute Gasteiger partial charge is 0.348 e. The third-order valence-corrected chi connectivity index (χ3v) is 3.47. The number of amides is 1. The molecule has 23 heavy (non-hydrogen) atoms. The van der Waals surface area contributed by atoms with E-state index < -0.39 is 0 Å². The molecule has 0 unspecified atom stereocenters. The average molecular weight is 325 g/mol. The molecule has 6 nitrogen and oxygen atoms in total. The lowest BCUT2D eigenvalue weighted by atomic mass is 10.2. The Hall–Kier alpha value is -2.85. The maximum atomic E-state index is 12.1. The number of carbonyl (C=O) groups is 1. The quantitative estimate of drug-likeness (QED) is 0.390.